The molecule has 0 unspecified atom stereocenters. The van der Waals surface area contributed by atoms with Gasteiger partial charge >= 0.3 is 12.1 Å². The van der Waals surface area contributed by atoms with Crippen LogP contribution in [-0.4, -0.2) is 47.2 Å². The first-order chi connectivity index (χ1) is 17.6. The summed E-state index contributed by atoms with van der Waals surface area (Å²) in [6.45, 7) is 9.18. The van der Waals surface area contributed by atoms with Gasteiger partial charge in [-0.15, -0.1) is 11.3 Å². The van der Waals surface area contributed by atoms with Crippen molar-refractivity contribution >= 4 is 23.4 Å². The van der Waals surface area contributed by atoms with Crippen molar-refractivity contribution in [2.45, 2.75) is 52.1 Å². The van der Waals surface area contributed by atoms with E-state index in [4.69, 9.17) is 19.2 Å². The highest BCUT2D eigenvalue weighted by atomic mass is 32.1. The Morgan fingerprint density at radius 3 is 2.30 bits per heavy atom. The fourth-order valence-corrected chi connectivity index (χ4v) is 6.07. The molecule has 0 N–H and O–H groups in total. The predicted molar refractivity (Wildman–Crippen MR) is 142 cm³/mol. The summed E-state index contributed by atoms with van der Waals surface area (Å²) in [5.41, 5.74) is 1.14. The van der Waals surface area contributed by atoms with Gasteiger partial charge in [0.15, 0.2) is 0 Å². The van der Waals surface area contributed by atoms with Crippen LogP contribution in [0.3, 0.4) is 0 Å². The fraction of sp³-hybridized carbons (Fsp3) is 0.414. The molecule has 3 aromatic rings. The van der Waals surface area contributed by atoms with Gasteiger partial charge in [0.25, 0.3) is 0 Å². The van der Waals surface area contributed by atoms with Crippen molar-refractivity contribution in [1.82, 2.24) is 9.88 Å². The molecule has 194 valence electrons. The Morgan fingerprint density at radius 1 is 1.03 bits per heavy atom. The SMILES string of the molecule is CCOC(=O)c1sc(C2CC3(C2)CN(C(=O)OC(C)(C)C)C3)nc1-c1ccc(Oc2ccccc2)cc1. The third-order valence-electron chi connectivity index (χ3n) is 6.62. The highest BCUT2D eigenvalue weighted by Crippen LogP contribution is 2.57. The Labute approximate surface area is 221 Å². The number of para-hydroxylation sites is 1. The van der Waals surface area contributed by atoms with E-state index >= 15 is 0 Å². The minimum absolute atomic E-state index is 0.133. The lowest BCUT2D eigenvalue weighted by atomic mass is 9.58. The van der Waals surface area contributed by atoms with Crippen LogP contribution in [0.1, 0.15) is 61.1 Å². The summed E-state index contributed by atoms with van der Waals surface area (Å²) in [6, 6.07) is 17.2. The normalized spacial score (nSPS) is 16.6. The first kappa shape index (κ1) is 25.3. The van der Waals surface area contributed by atoms with Gasteiger partial charge in [-0.3, -0.25) is 0 Å². The van der Waals surface area contributed by atoms with Crippen molar-refractivity contribution < 1.29 is 23.8 Å². The second-order valence-electron chi connectivity index (χ2n) is 10.8. The molecule has 2 aromatic carbocycles. The van der Waals surface area contributed by atoms with Gasteiger partial charge in [-0.25, -0.2) is 14.6 Å². The first-order valence-corrected chi connectivity index (χ1v) is 13.5. The molecule has 1 amide bonds. The van der Waals surface area contributed by atoms with Gasteiger partial charge < -0.3 is 19.1 Å². The highest BCUT2D eigenvalue weighted by molar-refractivity contribution is 7.14. The molecule has 0 radical (unpaired) electrons. The largest absolute Gasteiger partial charge is 0.462 e. The molecule has 1 aliphatic heterocycles. The number of esters is 1. The van der Waals surface area contributed by atoms with Gasteiger partial charge in [-0.05, 0) is 76.9 Å². The second-order valence-corrected chi connectivity index (χ2v) is 11.9. The molecule has 1 aliphatic carbocycles. The predicted octanol–water partition coefficient (Wildman–Crippen LogP) is 6.89. The minimum Gasteiger partial charge on any atom is -0.462 e. The van der Waals surface area contributed by atoms with E-state index in [1.807, 2.05) is 75.4 Å². The van der Waals surface area contributed by atoms with Gasteiger partial charge in [0, 0.05) is 30.0 Å². The number of amides is 1. The van der Waals surface area contributed by atoms with Crippen molar-refractivity contribution in [2.75, 3.05) is 19.7 Å². The average molecular weight is 521 g/mol. The Balaban J connectivity index is 1.28. The highest BCUT2D eigenvalue weighted by Gasteiger charge is 2.55. The van der Waals surface area contributed by atoms with E-state index in [-0.39, 0.29) is 23.4 Å². The molecule has 7 nitrogen and oxygen atoms in total. The molecule has 0 atom stereocenters. The third kappa shape index (κ3) is 5.49. The number of likely N-dealkylation sites (tertiary alicyclic amines) is 1. The van der Waals surface area contributed by atoms with Crippen molar-refractivity contribution in [2.24, 2.45) is 5.41 Å². The zero-order chi connectivity index (χ0) is 26.2. The number of hydrogen-bond donors (Lipinski definition) is 0. The van der Waals surface area contributed by atoms with Crippen LogP contribution < -0.4 is 4.74 Å². The lowest BCUT2D eigenvalue weighted by molar-refractivity contribution is -0.0786. The van der Waals surface area contributed by atoms with Crippen molar-refractivity contribution in [3.8, 4) is 22.8 Å². The number of hydrogen-bond acceptors (Lipinski definition) is 7. The Morgan fingerprint density at radius 2 is 1.68 bits per heavy atom. The lowest BCUT2D eigenvalue weighted by Gasteiger charge is -2.58. The van der Waals surface area contributed by atoms with Gasteiger partial charge in [0.05, 0.1) is 17.3 Å². The maximum Gasteiger partial charge on any atom is 0.410 e. The monoisotopic (exact) mass is 520 g/mol. The molecule has 8 heteroatoms. The molecule has 37 heavy (non-hydrogen) atoms. The number of thiazole rings is 1. The van der Waals surface area contributed by atoms with E-state index in [1.165, 1.54) is 11.3 Å². The first-order valence-electron chi connectivity index (χ1n) is 12.6. The second kappa shape index (κ2) is 9.82. The molecule has 1 aromatic heterocycles. The number of rotatable bonds is 6. The number of ether oxygens (including phenoxy) is 3. The fourth-order valence-electron chi connectivity index (χ4n) is 4.98. The standard InChI is InChI=1S/C29H32N2O5S/c1-5-34-26(32)24-23(19-11-13-22(14-12-19)35-21-9-7-6-8-10-21)30-25(37-24)20-15-29(16-20)17-31(18-29)27(33)36-28(2,3)4/h6-14,20H,5,15-18H2,1-4H3. The van der Waals surface area contributed by atoms with E-state index in [9.17, 15) is 9.59 Å². The third-order valence-corrected chi connectivity index (χ3v) is 7.82. The molecular weight excluding hydrogens is 488 g/mol. The summed E-state index contributed by atoms with van der Waals surface area (Å²) in [5, 5.41) is 0.948. The summed E-state index contributed by atoms with van der Waals surface area (Å²) in [5.74, 6) is 1.40. The smallest absolute Gasteiger partial charge is 0.410 e. The number of carbonyl (C=O) groups excluding carboxylic acids is 2. The topological polar surface area (TPSA) is 78.0 Å². The zero-order valence-electron chi connectivity index (χ0n) is 21.7. The molecule has 2 heterocycles. The Hall–Kier alpha value is -3.39. The molecule has 1 spiro atoms. The van der Waals surface area contributed by atoms with Crippen LogP contribution in [0.15, 0.2) is 54.6 Å². The average Bonchev–Trinajstić information content (AvgIpc) is 3.23. The summed E-state index contributed by atoms with van der Waals surface area (Å²) in [7, 11) is 0. The van der Waals surface area contributed by atoms with Gasteiger partial charge in [-0.2, -0.15) is 0 Å². The maximum absolute atomic E-state index is 12.8. The van der Waals surface area contributed by atoms with E-state index in [1.54, 1.807) is 11.8 Å². The van der Waals surface area contributed by atoms with Crippen LogP contribution in [0.25, 0.3) is 11.3 Å². The zero-order valence-corrected chi connectivity index (χ0v) is 22.5. The van der Waals surface area contributed by atoms with Crippen LogP contribution in [0.2, 0.25) is 0 Å². The van der Waals surface area contributed by atoms with Gasteiger partial charge in [0.2, 0.25) is 0 Å². The molecule has 0 bridgehead atoms. The van der Waals surface area contributed by atoms with E-state index in [0.717, 1.165) is 29.2 Å². The molecule has 2 aliphatic rings. The van der Waals surface area contributed by atoms with Crippen LogP contribution in [0.4, 0.5) is 4.79 Å². The minimum atomic E-state index is -0.491. The number of nitrogens with zero attached hydrogens (tertiary/aromatic N) is 2. The number of aromatic nitrogens is 1. The maximum atomic E-state index is 12.8. The Kier molecular flexibility index (Phi) is 6.70. The molecule has 1 saturated carbocycles. The van der Waals surface area contributed by atoms with E-state index in [2.05, 4.69) is 0 Å². The summed E-state index contributed by atoms with van der Waals surface area (Å²) >= 11 is 1.42. The van der Waals surface area contributed by atoms with Crippen molar-refractivity contribution in [1.29, 1.82) is 0 Å². The van der Waals surface area contributed by atoms with Gasteiger partial charge in [-0.1, -0.05) is 18.2 Å². The van der Waals surface area contributed by atoms with E-state index in [0.29, 0.717) is 36.0 Å². The molecule has 5 rings (SSSR count). The van der Waals surface area contributed by atoms with Gasteiger partial charge in [0.1, 0.15) is 22.0 Å². The van der Waals surface area contributed by atoms with Crippen LogP contribution in [0.5, 0.6) is 11.5 Å². The number of benzene rings is 2. The molecule has 1 saturated heterocycles. The van der Waals surface area contributed by atoms with Crippen LogP contribution in [-0.2, 0) is 9.47 Å². The quantitative estimate of drug-likeness (QED) is 0.329. The Bertz CT molecular complexity index is 1270. The number of carbonyl (C=O) groups is 2. The molecule has 2 fully saturated rings. The summed E-state index contributed by atoms with van der Waals surface area (Å²) < 4.78 is 16.7. The van der Waals surface area contributed by atoms with Crippen molar-refractivity contribution in [3.63, 3.8) is 0 Å². The van der Waals surface area contributed by atoms with Crippen LogP contribution >= 0.6 is 11.3 Å². The van der Waals surface area contributed by atoms with E-state index < -0.39 is 5.60 Å². The van der Waals surface area contributed by atoms with Crippen LogP contribution in [0, 0.1) is 5.41 Å². The lowest BCUT2D eigenvalue weighted by Crippen LogP contribution is -2.63. The summed E-state index contributed by atoms with van der Waals surface area (Å²) in [6.07, 6.45) is 1.65. The molecular formula is C29H32N2O5S. The van der Waals surface area contributed by atoms with Crippen molar-refractivity contribution in [3.05, 3.63) is 64.5 Å². The summed E-state index contributed by atoms with van der Waals surface area (Å²) in [4.78, 5) is 32.3.